The molecule has 0 aliphatic carbocycles. The summed E-state index contributed by atoms with van der Waals surface area (Å²) in [5.41, 5.74) is 2.63. The Bertz CT molecular complexity index is 1290. The smallest absolute Gasteiger partial charge is 0.130 e. The summed E-state index contributed by atoms with van der Waals surface area (Å²) < 4.78 is 13.8. The number of imidazole rings is 1. The number of hydrogen-bond donors (Lipinski definition) is 3. The minimum atomic E-state index is -0.235. The first kappa shape index (κ1) is 24.8. The molecule has 5 heterocycles. The Hall–Kier alpha value is -3.56. The van der Waals surface area contributed by atoms with E-state index in [0.717, 1.165) is 87.3 Å². The van der Waals surface area contributed by atoms with Crippen LogP contribution in [0.25, 0.3) is 17.5 Å². The SMILES string of the molecule is N=C(/C=C\c1ncc(-c2cccc(N3CCN(CC4CNC4)CC3)n2)[nH]1)N1CCC[C@@H]1c1cccc(F)c1. The molecule has 0 amide bonds. The normalized spacial score (nSPS) is 20.8. The molecule has 38 heavy (non-hydrogen) atoms. The Morgan fingerprint density at radius 3 is 2.71 bits per heavy atom. The second-order valence-corrected chi connectivity index (χ2v) is 10.5. The van der Waals surface area contributed by atoms with Crippen molar-refractivity contribution in [1.82, 2.24) is 30.1 Å². The van der Waals surface area contributed by atoms with Gasteiger partial charge in [-0.25, -0.2) is 14.4 Å². The fourth-order valence-corrected chi connectivity index (χ4v) is 5.67. The number of aromatic amines is 1. The van der Waals surface area contributed by atoms with E-state index >= 15 is 0 Å². The number of rotatable bonds is 7. The number of halogens is 1. The first-order valence-corrected chi connectivity index (χ1v) is 13.6. The van der Waals surface area contributed by atoms with Crippen LogP contribution >= 0.6 is 0 Å². The third-order valence-electron chi connectivity index (χ3n) is 7.88. The van der Waals surface area contributed by atoms with E-state index in [4.69, 9.17) is 10.4 Å². The summed E-state index contributed by atoms with van der Waals surface area (Å²) in [5, 5.41) is 12.0. The highest BCUT2D eigenvalue weighted by Gasteiger charge is 2.27. The highest BCUT2D eigenvalue weighted by atomic mass is 19.1. The lowest BCUT2D eigenvalue weighted by Gasteiger charge is -2.39. The van der Waals surface area contributed by atoms with Gasteiger partial charge >= 0.3 is 0 Å². The highest BCUT2D eigenvalue weighted by molar-refractivity contribution is 5.94. The predicted octanol–water partition coefficient (Wildman–Crippen LogP) is 3.78. The van der Waals surface area contributed by atoms with Crippen LogP contribution in [0.4, 0.5) is 10.2 Å². The van der Waals surface area contributed by atoms with Gasteiger partial charge in [-0.1, -0.05) is 18.2 Å². The van der Waals surface area contributed by atoms with E-state index in [-0.39, 0.29) is 11.9 Å². The Morgan fingerprint density at radius 1 is 1.08 bits per heavy atom. The maximum Gasteiger partial charge on any atom is 0.130 e. The Labute approximate surface area is 223 Å². The van der Waals surface area contributed by atoms with Gasteiger partial charge in [0.2, 0.25) is 0 Å². The molecular formula is C29H35FN8. The fraction of sp³-hybridized carbons (Fsp3) is 0.414. The number of aromatic nitrogens is 3. The summed E-state index contributed by atoms with van der Waals surface area (Å²) in [5.74, 6) is 2.65. The quantitative estimate of drug-likeness (QED) is 0.329. The molecule has 2 aromatic heterocycles. The summed E-state index contributed by atoms with van der Waals surface area (Å²) in [4.78, 5) is 19.7. The minimum absolute atomic E-state index is 0.0269. The van der Waals surface area contributed by atoms with Crippen LogP contribution in [0.1, 0.15) is 30.3 Å². The second kappa shape index (κ2) is 11.0. The number of hydrogen-bond acceptors (Lipinski definition) is 6. The summed E-state index contributed by atoms with van der Waals surface area (Å²) in [6, 6.07) is 12.9. The molecule has 0 unspecified atom stereocenters. The van der Waals surface area contributed by atoms with Crippen LogP contribution in [0.3, 0.4) is 0 Å². The van der Waals surface area contributed by atoms with E-state index in [1.807, 2.05) is 23.1 Å². The van der Waals surface area contributed by atoms with Crippen LogP contribution in [0.2, 0.25) is 0 Å². The van der Waals surface area contributed by atoms with Crippen LogP contribution in [0.15, 0.2) is 54.7 Å². The van der Waals surface area contributed by atoms with Crippen molar-refractivity contribution < 1.29 is 4.39 Å². The summed E-state index contributed by atoms with van der Waals surface area (Å²) in [6.45, 7) is 8.41. The topological polar surface area (TPSA) is 87.2 Å². The van der Waals surface area contributed by atoms with E-state index in [2.05, 4.69) is 37.2 Å². The van der Waals surface area contributed by atoms with Crippen molar-refractivity contribution in [1.29, 1.82) is 5.41 Å². The number of amidine groups is 1. The number of benzene rings is 1. The largest absolute Gasteiger partial charge is 0.354 e. The third-order valence-corrected chi connectivity index (χ3v) is 7.88. The van der Waals surface area contributed by atoms with Crippen LogP contribution in [-0.2, 0) is 0 Å². The average molecular weight is 515 g/mol. The highest BCUT2D eigenvalue weighted by Crippen LogP contribution is 2.32. The number of nitrogens with zero attached hydrogens (tertiary/aromatic N) is 5. The van der Waals surface area contributed by atoms with Gasteiger partial charge in [-0.15, -0.1) is 0 Å². The van der Waals surface area contributed by atoms with Crippen LogP contribution < -0.4 is 10.2 Å². The van der Waals surface area contributed by atoms with Gasteiger partial charge in [0.15, 0.2) is 0 Å². The maximum atomic E-state index is 13.8. The van der Waals surface area contributed by atoms with Crippen molar-refractivity contribution in [3.05, 3.63) is 71.9 Å². The molecule has 9 heteroatoms. The van der Waals surface area contributed by atoms with Gasteiger partial charge in [0.25, 0.3) is 0 Å². The summed E-state index contributed by atoms with van der Waals surface area (Å²) >= 11 is 0. The molecule has 3 saturated heterocycles. The molecular weight excluding hydrogens is 479 g/mol. The zero-order valence-electron chi connectivity index (χ0n) is 21.6. The first-order chi connectivity index (χ1) is 18.6. The molecule has 1 atom stereocenters. The standard InChI is InChI=1S/C29H35FN8/c30-23-5-1-4-22(16-23)26-7-3-11-38(26)27(31)9-10-28-33-19-25(34-28)24-6-2-8-29(35-24)37-14-12-36(13-15-37)20-21-17-32-18-21/h1-2,4-6,8-10,16,19,21,26,31-32H,3,7,11-15,17-18,20H2,(H,33,34)/b10-9-,31-27?/t26-/m1/s1. The zero-order chi connectivity index (χ0) is 25.9. The van der Waals surface area contributed by atoms with E-state index < -0.39 is 0 Å². The lowest BCUT2D eigenvalue weighted by atomic mass is 10.0. The van der Waals surface area contributed by atoms with Crippen molar-refractivity contribution in [3.63, 3.8) is 0 Å². The van der Waals surface area contributed by atoms with Crippen molar-refractivity contribution in [3.8, 4) is 11.4 Å². The molecule has 0 radical (unpaired) electrons. The molecule has 3 fully saturated rings. The molecule has 3 aliphatic rings. The van der Waals surface area contributed by atoms with E-state index in [1.54, 1.807) is 24.4 Å². The molecule has 0 saturated carbocycles. The van der Waals surface area contributed by atoms with Crippen LogP contribution in [0.5, 0.6) is 0 Å². The first-order valence-electron chi connectivity index (χ1n) is 13.6. The van der Waals surface area contributed by atoms with E-state index in [1.165, 1.54) is 12.6 Å². The molecule has 0 spiro atoms. The summed E-state index contributed by atoms with van der Waals surface area (Å²) in [7, 11) is 0. The number of piperazine rings is 1. The minimum Gasteiger partial charge on any atom is -0.354 e. The fourth-order valence-electron chi connectivity index (χ4n) is 5.67. The number of anilines is 1. The van der Waals surface area contributed by atoms with E-state index in [9.17, 15) is 4.39 Å². The lowest BCUT2D eigenvalue weighted by Crippen LogP contribution is -2.53. The van der Waals surface area contributed by atoms with E-state index in [0.29, 0.717) is 11.7 Å². The maximum absolute atomic E-state index is 13.8. The number of likely N-dealkylation sites (tertiary alicyclic amines) is 1. The molecule has 198 valence electrons. The van der Waals surface area contributed by atoms with Gasteiger partial charge in [-0.2, -0.15) is 0 Å². The van der Waals surface area contributed by atoms with Gasteiger partial charge in [0.1, 0.15) is 23.3 Å². The molecule has 3 aromatic rings. The number of nitrogens with one attached hydrogen (secondary N) is 3. The molecule has 3 N–H and O–H groups in total. The van der Waals surface area contributed by atoms with Gasteiger partial charge in [0, 0.05) is 52.4 Å². The van der Waals surface area contributed by atoms with Gasteiger partial charge in [0.05, 0.1) is 23.6 Å². The number of H-pyrrole nitrogens is 1. The van der Waals surface area contributed by atoms with Gasteiger partial charge in [-0.05, 0) is 60.7 Å². The monoisotopic (exact) mass is 514 g/mol. The Morgan fingerprint density at radius 2 is 1.92 bits per heavy atom. The molecule has 1 aromatic carbocycles. The molecule has 0 bridgehead atoms. The number of pyridine rings is 1. The zero-order valence-corrected chi connectivity index (χ0v) is 21.6. The van der Waals surface area contributed by atoms with Crippen LogP contribution in [0, 0.1) is 17.1 Å². The van der Waals surface area contributed by atoms with Crippen molar-refractivity contribution >= 4 is 17.7 Å². The van der Waals surface area contributed by atoms with Gasteiger partial charge in [-0.3, -0.25) is 10.3 Å². The van der Waals surface area contributed by atoms with Crippen LogP contribution in [-0.4, -0.2) is 82.9 Å². The predicted molar refractivity (Wildman–Crippen MR) is 149 cm³/mol. The van der Waals surface area contributed by atoms with Gasteiger partial charge < -0.3 is 20.1 Å². The molecule has 3 aliphatic heterocycles. The Balaban J connectivity index is 1.08. The lowest BCUT2D eigenvalue weighted by molar-refractivity contribution is 0.184. The Kier molecular flexibility index (Phi) is 7.20. The summed E-state index contributed by atoms with van der Waals surface area (Å²) in [6.07, 6.45) is 7.29. The van der Waals surface area contributed by atoms with Crippen molar-refractivity contribution in [2.45, 2.75) is 18.9 Å². The van der Waals surface area contributed by atoms with Crippen molar-refractivity contribution in [2.75, 3.05) is 57.3 Å². The second-order valence-electron chi connectivity index (χ2n) is 10.5. The molecule has 6 rings (SSSR count). The molecule has 8 nitrogen and oxygen atoms in total. The third kappa shape index (κ3) is 5.49. The average Bonchev–Trinajstić information content (AvgIpc) is 3.60. The van der Waals surface area contributed by atoms with Crippen molar-refractivity contribution in [2.24, 2.45) is 5.92 Å².